The molecular formula is C17H23F3N6O4. The second-order valence-corrected chi connectivity index (χ2v) is 6.84. The summed E-state index contributed by atoms with van der Waals surface area (Å²) in [6.07, 6.45) is -4.82. The summed E-state index contributed by atoms with van der Waals surface area (Å²) in [4.78, 5) is 45.4. The highest BCUT2D eigenvalue weighted by Crippen LogP contribution is 2.38. The molecule has 3 heterocycles. The van der Waals surface area contributed by atoms with Gasteiger partial charge in [-0.2, -0.15) is 13.2 Å². The van der Waals surface area contributed by atoms with Crippen LogP contribution >= 0.6 is 0 Å². The number of hydrogen-bond donors (Lipinski definition) is 1. The van der Waals surface area contributed by atoms with Crippen LogP contribution in [-0.4, -0.2) is 65.2 Å². The van der Waals surface area contributed by atoms with Gasteiger partial charge in [0.1, 0.15) is 0 Å². The van der Waals surface area contributed by atoms with E-state index in [1.165, 1.54) is 18.0 Å². The molecule has 0 bridgehead atoms. The SMILES string of the molecule is C=CCN1c2c(n(C)c(=O)n(CC)c2=O)N(OC(=O)C(F)(F)F)C1N1CCNCC1. The fourth-order valence-corrected chi connectivity index (χ4v) is 3.69. The van der Waals surface area contributed by atoms with Crippen molar-refractivity contribution in [2.75, 3.05) is 42.7 Å². The second kappa shape index (κ2) is 8.14. The van der Waals surface area contributed by atoms with E-state index in [0.717, 1.165) is 9.13 Å². The molecule has 1 unspecified atom stereocenters. The lowest BCUT2D eigenvalue weighted by Crippen LogP contribution is -2.61. The number of piperazine rings is 1. The van der Waals surface area contributed by atoms with E-state index in [1.807, 2.05) is 0 Å². The predicted octanol–water partition coefficient (Wildman–Crippen LogP) is -0.411. The maximum absolute atomic E-state index is 13.1. The molecule has 0 aromatic carbocycles. The number of anilines is 2. The molecule has 0 aliphatic carbocycles. The highest BCUT2D eigenvalue weighted by Gasteiger charge is 2.50. The minimum absolute atomic E-state index is 0.0302. The number of aromatic nitrogens is 2. The van der Waals surface area contributed by atoms with Gasteiger partial charge in [0.05, 0.1) is 0 Å². The minimum atomic E-state index is -5.25. The maximum Gasteiger partial charge on any atom is 0.493 e. The Morgan fingerprint density at radius 1 is 1.30 bits per heavy atom. The van der Waals surface area contributed by atoms with Crippen LogP contribution in [0.25, 0.3) is 0 Å². The Bertz CT molecular complexity index is 951. The molecule has 1 fully saturated rings. The molecule has 13 heteroatoms. The summed E-state index contributed by atoms with van der Waals surface area (Å²) in [5, 5.41) is 3.84. The van der Waals surface area contributed by atoms with Crippen molar-refractivity contribution in [2.24, 2.45) is 7.05 Å². The Morgan fingerprint density at radius 2 is 1.93 bits per heavy atom. The first-order chi connectivity index (χ1) is 14.1. The first-order valence-electron chi connectivity index (χ1n) is 9.38. The Morgan fingerprint density at radius 3 is 2.47 bits per heavy atom. The van der Waals surface area contributed by atoms with Crippen LogP contribution in [0.15, 0.2) is 22.2 Å². The van der Waals surface area contributed by atoms with Gasteiger partial charge in [-0.15, -0.1) is 11.6 Å². The smallest absolute Gasteiger partial charge is 0.327 e. The van der Waals surface area contributed by atoms with Gasteiger partial charge in [-0.3, -0.25) is 18.8 Å². The second-order valence-electron chi connectivity index (χ2n) is 6.84. The molecule has 1 aromatic rings. The van der Waals surface area contributed by atoms with Gasteiger partial charge in [-0.25, -0.2) is 9.59 Å². The van der Waals surface area contributed by atoms with E-state index < -0.39 is 29.7 Å². The van der Waals surface area contributed by atoms with Crippen molar-refractivity contribution < 1.29 is 22.8 Å². The molecule has 166 valence electrons. The third-order valence-corrected chi connectivity index (χ3v) is 5.01. The molecule has 10 nitrogen and oxygen atoms in total. The number of rotatable bonds is 5. The number of hydroxylamine groups is 1. The van der Waals surface area contributed by atoms with E-state index >= 15 is 0 Å². The lowest BCUT2D eigenvalue weighted by atomic mass is 10.3. The molecule has 1 saturated heterocycles. The van der Waals surface area contributed by atoms with Crippen molar-refractivity contribution >= 4 is 17.5 Å². The number of nitrogens with zero attached hydrogens (tertiary/aromatic N) is 5. The van der Waals surface area contributed by atoms with Crippen molar-refractivity contribution in [3.8, 4) is 0 Å². The molecule has 3 rings (SSSR count). The van der Waals surface area contributed by atoms with Gasteiger partial charge < -0.3 is 15.1 Å². The molecule has 0 amide bonds. The quantitative estimate of drug-likeness (QED) is 0.628. The highest BCUT2D eigenvalue weighted by atomic mass is 19.4. The third kappa shape index (κ3) is 3.58. The van der Waals surface area contributed by atoms with Crippen LogP contribution in [0.2, 0.25) is 0 Å². The maximum atomic E-state index is 13.1. The van der Waals surface area contributed by atoms with Crippen LogP contribution in [0.4, 0.5) is 24.7 Å². The van der Waals surface area contributed by atoms with Crippen LogP contribution < -0.4 is 26.5 Å². The fraction of sp³-hybridized carbons (Fsp3) is 0.588. The van der Waals surface area contributed by atoms with Crippen LogP contribution in [-0.2, 0) is 23.2 Å². The summed E-state index contributed by atoms with van der Waals surface area (Å²) in [6.45, 7) is 7.36. The van der Waals surface area contributed by atoms with Crippen LogP contribution in [0, 0.1) is 0 Å². The number of hydrogen-bond acceptors (Lipinski definition) is 8. The number of alkyl halides is 3. The number of fused-ring (bicyclic) bond motifs is 1. The van der Waals surface area contributed by atoms with Gasteiger partial charge in [0.15, 0.2) is 17.8 Å². The first kappa shape index (κ1) is 21.9. The molecule has 0 saturated carbocycles. The van der Waals surface area contributed by atoms with Crippen LogP contribution in [0.5, 0.6) is 0 Å². The molecule has 30 heavy (non-hydrogen) atoms. The van der Waals surface area contributed by atoms with E-state index in [9.17, 15) is 27.6 Å². The number of carbonyl (C=O) groups is 1. The van der Waals surface area contributed by atoms with E-state index in [-0.39, 0.29) is 24.6 Å². The summed E-state index contributed by atoms with van der Waals surface area (Å²) >= 11 is 0. The zero-order valence-electron chi connectivity index (χ0n) is 16.6. The molecule has 2 aliphatic rings. The van der Waals surface area contributed by atoms with Crippen molar-refractivity contribution in [1.29, 1.82) is 0 Å². The third-order valence-electron chi connectivity index (χ3n) is 5.01. The average Bonchev–Trinajstić information content (AvgIpc) is 3.01. The van der Waals surface area contributed by atoms with Crippen molar-refractivity contribution in [1.82, 2.24) is 19.4 Å². The summed E-state index contributed by atoms with van der Waals surface area (Å²) in [6, 6.07) is 0. The first-order valence-corrected chi connectivity index (χ1v) is 9.38. The number of carbonyl (C=O) groups excluding carboxylic acids is 1. The van der Waals surface area contributed by atoms with Gasteiger partial charge in [-0.1, -0.05) is 6.08 Å². The number of halogens is 3. The average molecular weight is 432 g/mol. The van der Waals surface area contributed by atoms with E-state index in [2.05, 4.69) is 11.9 Å². The van der Waals surface area contributed by atoms with Gasteiger partial charge in [0, 0.05) is 46.3 Å². The zero-order chi connectivity index (χ0) is 22.2. The van der Waals surface area contributed by atoms with Gasteiger partial charge in [-0.05, 0) is 6.92 Å². The summed E-state index contributed by atoms with van der Waals surface area (Å²) in [5.74, 6) is -2.65. The lowest BCUT2D eigenvalue weighted by Gasteiger charge is -2.40. The molecule has 0 spiro atoms. The topological polar surface area (TPSA) is 92.0 Å². The summed E-state index contributed by atoms with van der Waals surface area (Å²) in [7, 11) is 1.31. The Balaban J connectivity index is 2.23. The van der Waals surface area contributed by atoms with Crippen molar-refractivity contribution in [3.05, 3.63) is 33.5 Å². The van der Waals surface area contributed by atoms with Crippen molar-refractivity contribution in [2.45, 2.75) is 25.9 Å². The summed E-state index contributed by atoms with van der Waals surface area (Å²) < 4.78 is 40.9. The molecule has 0 radical (unpaired) electrons. The lowest BCUT2D eigenvalue weighted by molar-refractivity contribution is -0.203. The molecule has 2 aliphatic heterocycles. The Kier molecular flexibility index (Phi) is 5.94. The predicted molar refractivity (Wildman–Crippen MR) is 102 cm³/mol. The minimum Gasteiger partial charge on any atom is -0.327 e. The fourth-order valence-electron chi connectivity index (χ4n) is 3.69. The van der Waals surface area contributed by atoms with E-state index in [4.69, 9.17) is 4.84 Å². The van der Waals surface area contributed by atoms with E-state index in [0.29, 0.717) is 31.2 Å². The molecular weight excluding hydrogens is 409 g/mol. The summed E-state index contributed by atoms with van der Waals surface area (Å²) in [5.41, 5.74) is -1.44. The zero-order valence-corrected chi connectivity index (χ0v) is 16.6. The molecule has 1 aromatic heterocycles. The largest absolute Gasteiger partial charge is 0.493 e. The molecule has 1 N–H and O–H groups in total. The van der Waals surface area contributed by atoms with Crippen molar-refractivity contribution in [3.63, 3.8) is 0 Å². The van der Waals surface area contributed by atoms with Crippen LogP contribution in [0.1, 0.15) is 6.92 Å². The Labute approximate surface area is 169 Å². The highest BCUT2D eigenvalue weighted by molar-refractivity contribution is 5.80. The standard InChI is InChI=1S/C17H23F3N6O4/c1-4-8-25-11-12(22(3)16(29)24(5-2)13(11)27)26(30-14(28)17(18,19)20)15(25)23-9-6-21-7-10-23/h4,15,21H,1,5-10H2,2-3H3. The Hall–Kier alpha value is -2.80. The van der Waals surface area contributed by atoms with E-state index in [1.54, 1.807) is 11.8 Å². The van der Waals surface area contributed by atoms with Crippen LogP contribution in [0.3, 0.4) is 0 Å². The molecule has 1 atom stereocenters. The normalized spacial score (nSPS) is 19.7. The monoisotopic (exact) mass is 432 g/mol. The van der Waals surface area contributed by atoms with Gasteiger partial charge in [0.2, 0.25) is 0 Å². The number of nitrogens with one attached hydrogen (secondary N) is 1. The van der Waals surface area contributed by atoms with Gasteiger partial charge >= 0.3 is 17.8 Å². The van der Waals surface area contributed by atoms with Gasteiger partial charge in [0.25, 0.3) is 5.56 Å².